The van der Waals surface area contributed by atoms with Crippen molar-refractivity contribution in [1.82, 2.24) is 5.32 Å². The number of hydrogen-bond acceptors (Lipinski definition) is 4. The van der Waals surface area contributed by atoms with Crippen molar-refractivity contribution >= 4 is 17.6 Å². The first-order valence-corrected chi connectivity index (χ1v) is 8.22. The predicted octanol–water partition coefficient (Wildman–Crippen LogP) is 3.23. The van der Waals surface area contributed by atoms with Gasteiger partial charge in [0.05, 0.1) is 19.3 Å². The van der Waals surface area contributed by atoms with E-state index in [1.165, 1.54) is 7.11 Å². The lowest BCUT2D eigenvalue weighted by molar-refractivity contribution is 0.0600. The highest BCUT2D eigenvalue weighted by atomic mass is 35.5. The van der Waals surface area contributed by atoms with E-state index in [2.05, 4.69) is 12.2 Å². The first-order valence-electron chi connectivity index (χ1n) is 7.84. The Kier molecular flexibility index (Phi) is 6.79. The molecule has 2 N–H and O–H groups in total. The molecule has 0 saturated carbocycles. The second-order valence-electron chi connectivity index (χ2n) is 5.61. The summed E-state index contributed by atoms with van der Waals surface area (Å²) in [5.41, 5.74) is 2.65. The normalized spacial score (nSPS) is 13.3. The Balaban J connectivity index is 2.36. The number of ether oxygens (including phenoxy) is 1. The van der Waals surface area contributed by atoms with E-state index in [9.17, 15) is 4.79 Å². The number of nitrogens with one attached hydrogen (secondary N) is 1. The number of methoxy groups -OCH3 is 1. The molecule has 0 fully saturated rings. The minimum Gasteiger partial charge on any atom is -0.465 e. The standard InChI is InChI=1S/C19H22ClNO3/c1-13(21-10-11-22)18(16-4-3-5-17(20)12-16)14-6-8-15(9-7-14)19(23)24-2/h3-9,12-13,18,21-22H,10-11H2,1-2H3/t13?,18-/m1/s1. The van der Waals surface area contributed by atoms with Crippen LogP contribution in [0.1, 0.15) is 34.3 Å². The van der Waals surface area contributed by atoms with Gasteiger partial charge < -0.3 is 15.2 Å². The smallest absolute Gasteiger partial charge is 0.337 e. The molecule has 0 aliphatic heterocycles. The average Bonchev–Trinajstić information content (AvgIpc) is 2.60. The van der Waals surface area contributed by atoms with Crippen LogP contribution < -0.4 is 5.32 Å². The molecule has 0 aliphatic carbocycles. The number of hydrogen-bond donors (Lipinski definition) is 2. The summed E-state index contributed by atoms with van der Waals surface area (Å²) in [6.45, 7) is 2.65. The van der Waals surface area contributed by atoms with E-state index in [0.29, 0.717) is 17.1 Å². The first kappa shape index (κ1) is 18.5. The lowest BCUT2D eigenvalue weighted by Crippen LogP contribution is -2.34. The van der Waals surface area contributed by atoms with Crippen molar-refractivity contribution in [3.8, 4) is 0 Å². The van der Waals surface area contributed by atoms with Gasteiger partial charge in [0.15, 0.2) is 0 Å². The highest BCUT2D eigenvalue weighted by Gasteiger charge is 2.21. The third-order valence-corrected chi connectivity index (χ3v) is 4.21. The Labute approximate surface area is 147 Å². The Hall–Kier alpha value is -1.88. The number of aliphatic hydroxyl groups excluding tert-OH is 1. The molecule has 1 unspecified atom stereocenters. The summed E-state index contributed by atoms with van der Waals surface area (Å²) in [7, 11) is 1.37. The van der Waals surface area contributed by atoms with E-state index in [4.69, 9.17) is 21.4 Å². The average molecular weight is 348 g/mol. The fourth-order valence-corrected chi connectivity index (χ4v) is 3.02. The highest BCUT2D eigenvalue weighted by Crippen LogP contribution is 2.30. The number of carbonyl (C=O) groups excluding carboxylic acids is 1. The zero-order valence-electron chi connectivity index (χ0n) is 13.8. The van der Waals surface area contributed by atoms with Crippen molar-refractivity contribution in [2.75, 3.05) is 20.3 Å². The topological polar surface area (TPSA) is 58.6 Å². The fraction of sp³-hybridized carbons (Fsp3) is 0.316. The van der Waals surface area contributed by atoms with Gasteiger partial charge in [-0.3, -0.25) is 0 Å². The molecule has 128 valence electrons. The summed E-state index contributed by atoms with van der Waals surface area (Å²) in [5, 5.41) is 13.1. The maximum atomic E-state index is 11.6. The minimum atomic E-state index is -0.354. The SMILES string of the molecule is COC(=O)c1ccc([C@H](c2cccc(Cl)c2)C(C)NCCO)cc1. The van der Waals surface area contributed by atoms with Gasteiger partial charge in [-0.1, -0.05) is 35.9 Å². The number of carbonyl (C=O) groups is 1. The van der Waals surface area contributed by atoms with Crippen LogP contribution in [0.3, 0.4) is 0 Å². The maximum Gasteiger partial charge on any atom is 0.337 e. The monoisotopic (exact) mass is 347 g/mol. The van der Waals surface area contributed by atoms with Gasteiger partial charge >= 0.3 is 5.97 Å². The maximum absolute atomic E-state index is 11.6. The van der Waals surface area contributed by atoms with E-state index in [-0.39, 0.29) is 24.5 Å². The number of aliphatic hydroxyl groups is 1. The Morgan fingerprint density at radius 1 is 1.21 bits per heavy atom. The van der Waals surface area contributed by atoms with Crippen molar-refractivity contribution in [2.24, 2.45) is 0 Å². The van der Waals surface area contributed by atoms with E-state index < -0.39 is 0 Å². The molecule has 5 heteroatoms. The van der Waals surface area contributed by atoms with Crippen LogP contribution in [-0.4, -0.2) is 37.4 Å². The summed E-state index contributed by atoms with van der Waals surface area (Å²) in [6, 6.07) is 15.2. The molecule has 0 aliphatic rings. The van der Waals surface area contributed by atoms with Crippen molar-refractivity contribution in [2.45, 2.75) is 18.9 Å². The molecule has 2 atom stereocenters. The summed E-state index contributed by atoms with van der Waals surface area (Å²) in [4.78, 5) is 11.6. The second kappa shape index (κ2) is 8.83. The van der Waals surface area contributed by atoms with Crippen LogP contribution in [0.5, 0.6) is 0 Å². The molecule has 2 rings (SSSR count). The molecule has 0 saturated heterocycles. The van der Waals surface area contributed by atoms with Crippen molar-refractivity contribution in [3.63, 3.8) is 0 Å². The molecule has 0 bridgehead atoms. The van der Waals surface area contributed by atoms with Crippen LogP contribution in [-0.2, 0) is 4.74 Å². The number of benzene rings is 2. The van der Waals surface area contributed by atoms with Gasteiger partial charge in [0.2, 0.25) is 0 Å². The minimum absolute atomic E-state index is 0.0435. The summed E-state index contributed by atoms with van der Waals surface area (Å²) in [6.07, 6.45) is 0. The second-order valence-corrected chi connectivity index (χ2v) is 6.05. The summed E-state index contributed by atoms with van der Waals surface area (Å²) in [5.74, 6) is -0.311. The quantitative estimate of drug-likeness (QED) is 0.755. The van der Waals surface area contributed by atoms with Crippen LogP contribution >= 0.6 is 11.6 Å². The number of esters is 1. The molecule has 0 radical (unpaired) electrons. The van der Waals surface area contributed by atoms with Gasteiger partial charge in [0.1, 0.15) is 0 Å². The van der Waals surface area contributed by atoms with Gasteiger partial charge in [-0.2, -0.15) is 0 Å². The molecular formula is C19H22ClNO3. The van der Waals surface area contributed by atoms with Gasteiger partial charge in [0.25, 0.3) is 0 Å². The lowest BCUT2D eigenvalue weighted by atomic mass is 9.85. The van der Waals surface area contributed by atoms with Crippen LogP contribution in [0.4, 0.5) is 0 Å². The molecule has 0 aromatic heterocycles. The van der Waals surface area contributed by atoms with E-state index >= 15 is 0 Å². The van der Waals surface area contributed by atoms with Crippen LogP contribution in [0, 0.1) is 0 Å². The molecule has 0 amide bonds. The summed E-state index contributed by atoms with van der Waals surface area (Å²) < 4.78 is 4.74. The van der Waals surface area contributed by atoms with Crippen molar-refractivity contribution in [3.05, 3.63) is 70.2 Å². The zero-order valence-corrected chi connectivity index (χ0v) is 14.6. The molecule has 2 aromatic carbocycles. The molecular weight excluding hydrogens is 326 g/mol. The van der Waals surface area contributed by atoms with Crippen molar-refractivity contribution in [1.29, 1.82) is 0 Å². The first-order chi connectivity index (χ1) is 11.6. The Bertz CT molecular complexity index is 673. The fourth-order valence-electron chi connectivity index (χ4n) is 2.82. The van der Waals surface area contributed by atoms with E-state index in [1.807, 2.05) is 36.4 Å². The number of rotatable bonds is 7. The largest absolute Gasteiger partial charge is 0.465 e. The van der Waals surface area contributed by atoms with Gasteiger partial charge in [-0.25, -0.2) is 4.79 Å². The van der Waals surface area contributed by atoms with Crippen LogP contribution in [0.25, 0.3) is 0 Å². The van der Waals surface area contributed by atoms with Crippen LogP contribution in [0.2, 0.25) is 5.02 Å². The lowest BCUT2D eigenvalue weighted by Gasteiger charge is -2.26. The molecule has 0 spiro atoms. The molecule has 24 heavy (non-hydrogen) atoms. The van der Waals surface area contributed by atoms with E-state index in [0.717, 1.165) is 11.1 Å². The third-order valence-electron chi connectivity index (χ3n) is 3.98. The molecule has 0 heterocycles. The van der Waals surface area contributed by atoms with Gasteiger partial charge in [-0.05, 0) is 42.3 Å². The van der Waals surface area contributed by atoms with Gasteiger partial charge in [-0.15, -0.1) is 0 Å². The predicted molar refractivity (Wildman–Crippen MR) is 95.6 cm³/mol. The molecule has 2 aromatic rings. The van der Waals surface area contributed by atoms with Crippen molar-refractivity contribution < 1.29 is 14.6 Å². The Morgan fingerprint density at radius 3 is 2.50 bits per heavy atom. The van der Waals surface area contributed by atoms with Gasteiger partial charge in [0, 0.05) is 23.5 Å². The Morgan fingerprint density at radius 2 is 1.92 bits per heavy atom. The number of halogens is 1. The third kappa shape index (κ3) is 4.57. The zero-order chi connectivity index (χ0) is 17.5. The molecule has 4 nitrogen and oxygen atoms in total. The summed E-state index contributed by atoms with van der Waals surface area (Å²) >= 11 is 6.15. The van der Waals surface area contributed by atoms with E-state index in [1.54, 1.807) is 12.1 Å². The van der Waals surface area contributed by atoms with Crippen LogP contribution in [0.15, 0.2) is 48.5 Å². The highest BCUT2D eigenvalue weighted by molar-refractivity contribution is 6.30.